The van der Waals surface area contributed by atoms with Crippen LogP contribution in [0, 0.1) is 6.92 Å². The minimum Gasteiger partial charge on any atom is -0.384 e. The van der Waals surface area contributed by atoms with Gasteiger partial charge in [0, 0.05) is 18.7 Å². The lowest BCUT2D eigenvalue weighted by molar-refractivity contribution is 0.150. The van der Waals surface area contributed by atoms with E-state index < -0.39 is 0 Å². The first kappa shape index (κ1) is 10.1. The number of hydrogen-bond acceptors (Lipinski definition) is 3. The van der Waals surface area contributed by atoms with Gasteiger partial charge in [0.15, 0.2) is 0 Å². The van der Waals surface area contributed by atoms with E-state index in [1.807, 2.05) is 17.7 Å². The maximum atomic E-state index is 6.00. The Labute approximate surface area is 96.4 Å². The summed E-state index contributed by atoms with van der Waals surface area (Å²) in [7, 11) is 0. The summed E-state index contributed by atoms with van der Waals surface area (Å²) in [5, 5.41) is 4.52. The zero-order valence-electron chi connectivity index (χ0n) is 9.89. The SMILES string of the molecule is Cc1cc(N)n(C2CCN3CCCC3C2)n1. The van der Waals surface area contributed by atoms with Crippen molar-refractivity contribution in [2.45, 2.75) is 44.7 Å². The minimum atomic E-state index is 0.521. The molecule has 16 heavy (non-hydrogen) atoms. The van der Waals surface area contributed by atoms with Crippen LogP contribution in [-0.2, 0) is 0 Å². The van der Waals surface area contributed by atoms with E-state index in [0.29, 0.717) is 6.04 Å². The van der Waals surface area contributed by atoms with Gasteiger partial charge in [0.25, 0.3) is 0 Å². The summed E-state index contributed by atoms with van der Waals surface area (Å²) in [4.78, 5) is 2.63. The molecule has 0 aromatic carbocycles. The normalized spacial score (nSPS) is 30.6. The summed E-state index contributed by atoms with van der Waals surface area (Å²) in [6.07, 6.45) is 5.15. The monoisotopic (exact) mass is 220 g/mol. The van der Waals surface area contributed by atoms with Crippen LogP contribution in [0.25, 0.3) is 0 Å². The number of piperidine rings is 1. The molecule has 2 unspecified atom stereocenters. The van der Waals surface area contributed by atoms with Crippen molar-refractivity contribution in [3.8, 4) is 0 Å². The van der Waals surface area contributed by atoms with E-state index in [1.165, 1.54) is 38.8 Å². The molecule has 0 saturated carbocycles. The zero-order chi connectivity index (χ0) is 11.1. The van der Waals surface area contributed by atoms with E-state index in [2.05, 4.69) is 10.00 Å². The van der Waals surface area contributed by atoms with Crippen molar-refractivity contribution in [3.63, 3.8) is 0 Å². The molecule has 1 aromatic rings. The number of fused-ring (bicyclic) bond motifs is 1. The van der Waals surface area contributed by atoms with Crippen molar-refractivity contribution in [3.05, 3.63) is 11.8 Å². The lowest BCUT2D eigenvalue weighted by Gasteiger charge is -2.35. The Balaban J connectivity index is 1.78. The van der Waals surface area contributed by atoms with Crippen molar-refractivity contribution in [2.24, 2.45) is 0 Å². The smallest absolute Gasteiger partial charge is 0.122 e. The van der Waals surface area contributed by atoms with Gasteiger partial charge in [0.1, 0.15) is 5.82 Å². The molecule has 0 spiro atoms. The number of anilines is 1. The molecule has 0 radical (unpaired) electrons. The molecule has 2 aliphatic heterocycles. The van der Waals surface area contributed by atoms with Crippen molar-refractivity contribution in [1.82, 2.24) is 14.7 Å². The third kappa shape index (κ3) is 1.61. The number of nitrogen functional groups attached to an aromatic ring is 1. The highest BCUT2D eigenvalue weighted by atomic mass is 15.3. The minimum absolute atomic E-state index is 0.521. The average Bonchev–Trinajstić information content (AvgIpc) is 2.83. The maximum Gasteiger partial charge on any atom is 0.122 e. The second kappa shape index (κ2) is 3.77. The Morgan fingerprint density at radius 2 is 2.19 bits per heavy atom. The highest BCUT2D eigenvalue weighted by molar-refractivity contribution is 5.31. The van der Waals surface area contributed by atoms with Gasteiger partial charge in [-0.25, -0.2) is 4.68 Å². The Kier molecular flexibility index (Phi) is 2.39. The fourth-order valence-electron chi connectivity index (χ4n) is 3.25. The molecule has 2 atom stereocenters. The highest BCUT2D eigenvalue weighted by Crippen LogP contribution is 2.33. The van der Waals surface area contributed by atoms with Crippen LogP contribution in [0.3, 0.4) is 0 Å². The molecular formula is C12H20N4. The Hall–Kier alpha value is -1.03. The van der Waals surface area contributed by atoms with E-state index in [4.69, 9.17) is 5.73 Å². The van der Waals surface area contributed by atoms with Crippen LogP contribution in [0.5, 0.6) is 0 Å². The van der Waals surface area contributed by atoms with Gasteiger partial charge in [0.05, 0.1) is 11.7 Å². The van der Waals surface area contributed by atoms with Crippen molar-refractivity contribution in [1.29, 1.82) is 0 Å². The molecule has 2 N–H and O–H groups in total. The Morgan fingerprint density at radius 1 is 1.31 bits per heavy atom. The lowest BCUT2D eigenvalue weighted by atomic mass is 9.98. The summed E-state index contributed by atoms with van der Waals surface area (Å²) < 4.78 is 2.05. The number of hydrogen-bond donors (Lipinski definition) is 1. The van der Waals surface area contributed by atoms with Crippen LogP contribution >= 0.6 is 0 Å². The first-order valence-corrected chi connectivity index (χ1v) is 6.30. The fraction of sp³-hybridized carbons (Fsp3) is 0.750. The van der Waals surface area contributed by atoms with Crippen molar-refractivity contribution in [2.75, 3.05) is 18.8 Å². The van der Waals surface area contributed by atoms with Crippen molar-refractivity contribution >= 4 is 5.82 Å². The van der Waals surface area contributed by atoms with Gasteiger partial charge in [-0.1, -0.05) is 0 Å². The summed E-state index contributed by atoms with van der Waals surface area (Å²) in [6, 6.07) is 3.27. The zero-order valence-corrected chi connectivity index (χ0v) is 9.89. The summed E-state index contributed by atoms with van der Waals surface area (Å²) in [6.45, 7) is 4.52. The van der Waals surface area contributed by atoms with Gasteiger partial charge in [-0.2, -0.15) is 5.10 Å². The second-order valence-electron chi connectivity index (χ2n) is 5.17. The standard InChI is InChI=1S/C12H20N4/c1-9-7-12(13)16(14-9)11-4-6-15-5-2-3-10(15)8-11/h7,10-11H,2-6,8,13H2,1H3. The predicted molar refractivity (Wildman–Crippen MR) is 64.2 cm³/mol. The maximum absolute atomic E-state index is 6.00. The Bertz CT molecular complexity index is 384. The molecule has 2 aliphatic rings. The molecule has 0 aliphatic carbocycles. The van der Waals surface area contributed by atoms with Crippen LogP contribution in [0.4, 0.5) is 5.82 Å². The van der Waals surface area contributed by atoms with Crippen LogP contribution in [0.2, 0.25) is 0 Å². The van der Waals surface area contributed by atoms with Crippen LogP contribution in [0.1, 0.15) is 37.4 Å². The average molecular weight is 220 g/mol. The van der Waals surface area contributed by atoms with Crippen LogP contribution in [-0.4, -0.2) is 33.8 Å². The van der Waals surface area contributed by atoms with E-state index in [0.717, 1.165) is 17.6 Å². The third-order valence-electron chi connectivity index (χ3n) is 4.03. The van der Waals surface area contributed by atoms with Gasteiger partial charge in [0.2, 0.25) is 0 Å². The molecule has 2 saturated heterocycles. The molecular weight excluding hydrogens is 200 g/mol. The molecule has 4 heteroatoms. The molecule has 88 valence electrons. The van der Waals surface area contributed by atoms with Gasteiger partial charge in [-0.15, -0.1) is 0 Å². The molecule has 3 rings (SSSR count). The van der Waals surface area contributed by atoms with E-state index in [1.54, 1.807) is 0 Å². The quantitative estimate of drug-likeness (QED) is 0.781. The lowest BCUT2D eigenvalue weighted by Crippen LogP contribution is -2.39. The van der Waals surface area contributed by atoms with E-state index in [-0.39, 0.29) is 0 Å². The number of rotatable bonds is 1. The van der Waals surface area contributed by atoms with Gasteiger partial charge in [-0.3, -0.25) is 0 Å². The van der Waals surface area contributed by atoms with E-state index in [9.17, 15) is 0 Å². The number of aryl methyl sites for hydroxylation is 1. The Morgan fingerprint density at radius 3 is 2.94 bits per heavy atom. The van der Waals surface area contributed by atoms with Crippen molar-refractivity contribution < 1.29 is 0 Å². The number of nitrogens with two attached hydrogens (primary N) is 1. The summed E-state index contributed by atoms with van der Waals surface area (Å²) in [5.74, 6) is 0.828. The highest BCUT2D eigenvalue weighted by Gasteiger charge is 2.33. The first-order valence-electron chi connectivity index (χ1n) is 6.30. The number of aromatic nitrogens is 2. The van der Waals surface area contributed by atoms with Crippen LogP contribution < -0.4 is 5.73 Å². The molecule has 1 aromatic heterocycles. The molecule has 2 fully saturated rings. The topological polar surface area (TPSA) is 47.1 Å². The summed E-state index contributed by atoms with van der Waals surface area (Å²) >= 11 is 0. The largest absolute Gasteiger partial charge is 0.384 e. The summed E-state index contributed by atoms with van der Waals surface area (Å²) in [5.41, 5.74) is 7.03. The number of nitrogens with zero attached hydrogens (tertiary/aromatic N) is 3. The van der Waals surface area contributed by atoms with Gasteiger partial charge in [-0.05, 0) is 39.2 Å². The predicted octanol–water partition coefficient (Wildman–Crippen LogP) is 1.57. The van der Waals surface area contributed by atoms with Gasteiger partial charge >= 0.3 is 0 Å². The van der Waals surface area contributed by atoms with Gasteiger partial charge < -0.3 is 10.6 Å². The molecule has 4 nitrogen and oxygen atoms in total. The first-order chi connectivity index (χ1) is 7.74. The fourth-order valence-corrected chi connectivity index (χ4v) is 3.25. The van der Waals surface area contributed by atoms with Crippen LogP contribution in [0.15, 0.2) is 6.07 Å². The second-order valence-corrected chi connectivity index (χ2v) is 5.17. The molecule has 0 bridgehead atoms. The molecule has 3 heterocycles. The molecule has 0 amide bonds. The van der Waals surface area contributed by atoms with E-state index >= 15 is 0 Å². The third-order valence-corrected chi connectivity index (χ3v) is 4.03.